The predicted octanol–water partition coefficient (Wildman–Crippen LogP) is 3.55. The molecule has 19 heavy (non-hydrogen) atoms. The Balaban J connectivity index is 2.91. The van der Waals surface area contributed by atoms with Crippen LogP contribution < -0.4 is 11.1 Å². The molecule has 3 nitrogen and oxygen atoms in total. The van der Waals surface area contributed by atoms with Crippen molar-refractivity contribution < 1.29 is 4.79 Å². The van der Waals surface area contributed by atoms with Crippen LogP contribution in [0.5, 0.6) is 0 Å². The number of nitrogens with two attached hydrogens (primary N) is 1. The Morgan fingerprint density at radius 3 is 2.68 bits per heavy atom. The van der Waals surface area contributed by atoms with E-state index in [2.05, 4.69) is 57.7 Å². The van der Waals surface area contributed by atoms with Gasteiger partial charge in [-0.2, -0.15) is 0 Å². The Labute approximate surface area is 137 Å². The van der Waals surface area contributed by atoms with Crippen molar-refractivity contribution in [2.45, 2.75) is 32.7 Å². The van der Waals surface area contributed by atoms with Crippen LogP contribution in [0.15, 0.2) is 22.7 Å². The fraction of sp³-hybridized carbons (Fsp3) is 0.500. The summed E-state index contributed by atoms with van der Waals surface area (Å²) in [5.41, 5.74) is 6.14. The van der Waals surface area contributed by atoms with Gasteiger partial charge in [0, 0.05) is 20.1 Å². The largest absolute Gasteiger partial charge is 0.346 e. The van der Waals surface area contributed by atoms with E-state index in [9.17, 15) is 4.79 Å². The molecule has 0 fully saturated rings. The minimum Gasteiger partial charge on any atom is -0.346 e. The fourth-order valence-electron chi connectivity index (χ4n) is 2.10. The highest BCUT2D eigenvalue weighted by Gasteiger charge is 2.27. The average molecular weight is 439 g/mol. The normalized spacial score (nSPS) is 14.3. The van der Waals surface area contributed by atoms with Gasteiger partial charge in [-0.1, -0.05) is 29.8 Å². The number of carbonyl (C=O) groups excluding carboxylic acids is 1. The van der Waals surface area contributed by atoms with Gasteiger partial charge in [0.1, 0.15) is 0 Å². The fourth-order valence-corrected chi connectivity index (χ4v) is 3.04. The van der Waals surface area contributed by atoms with E-state index in [-0.39, 0.29) is 11.4 Å². The lowest BCUT2D eigenvalue weighted by atomic mass is 9.90. The zero-order chi connectivity index (χ0) is 14.6. The monoisotopic (exact) mass is 438 g/mol. The summed E-state index contributed by atoms with van der Waals surface area (Å²) in [6, 6.07) is 5.68. The molecule has 1 unspecified atom stereocenters. The van der Waals surface area contributed by atoms with E-state index in [1.807, 2.05) is 25.1 Å². The number of nitrogens with one attached hydrogen (secondary N) is 1. The molecule has 0 bridgehead atoms. The first-order chi connectivity index (χ1) is 8.77. The summed E-state index contributed by atoms with van der Waals surface area (Å²) in [5.74, 6) is 0.412. The van der Waals surface area contributed by atoms with Gasteiger partial charge in [0.25, 0.3) is 5.91 Å². The van der Waals surface area contributed by atoms with E-state index in [0.717, 1.165) is 14.5 Å². The number of halogens is 2. The van der Waals surface area contributed by atoms with Gasteiger partial charge >= 0.3 is 0 Å². The average Bonchev–Trinajstić information content (AvgIpc) is 2.31. The third-order valence-corrected chi connectivity index (χ3v) is 4.33. The molecule has 1 amide bonds. The van der Waals surface area contributed by atoms with Crippen LogP contribution in [0.25, 0.3) is 0 Å². The van der Waals surface area contributed by atoms with E-state index >= 15 is 0 Å². The lowest BCUT2D eigenvalue weighted by Crippen LogP contribution is -2.52. The molecule has 3 N–H and O–H groups in total. The zero-order valence-corrected chi connectivity index (χ0v) is 15.2. The number of carbonyl (C=O) groups is 1. The SMILES string of the molecule is CC(C)CC(C)(CN)NC(=O)c1cc(Br)ccc1I. The summed E-state index contributed by atoms with van der Waals surface area (Å²) in [7, 11) is 0. The van der Waals surface area contributed by atoms with Crippen LogP contribution in [-0.4, -0.2) is 18.0 Å². The lowest BCUT2D eigenvalue weighted by Gasteiger charge is -2.31. The van der Waals surface area contributed by atoms with Crippen molar-refractivity contribution in [3.63, 3.8) is 0 Å². The molecule has 0 saturated carbocycles. The Hall–Kier alpha value is -0.140. The molecule has 0 spiro atoms. The van der Waals surface area contributed by atoms with Gasteiger partial charge in [-0.05, 0) is 60.1 Å². The molecule has 0 aliphatic heterocycles. The molecule has 106 valence electrons. The van der Waals surface area contributed by atoms with E-state index in [0.29, 0.717) is 18.0 Å². The second kappa shape index (κ2) is 7.04. The maximum absolute atomic E-state index is 12.4. The molecule has 0 aromatic heterocycles. The van der Waals surface area contributed by atoms with Crippen LogP contribution in [-0.2, 0) is 0 Å². The molecule has 0 aliphatic carbocycles. The maximum atomic E-state index is 12.4. The molecule has 0 radical (unpaired) electrons. The molecule has 5 heteroatoms. The van der Waals surface area contributed by atoms with Crippen molar-refractivity contribution in [1.29, 1.82) is 0 Å². The van der Waals surface area contributed by atoms with Gasteiger partial charge in [-0.3, -0.25) is 4.79 Å². The van der Waals surface area contributed by atoms with Crippen molar-refractivity contribution in [2.24, 2.45) is 11.7 Å². The third kappa shape index (κ3) is 5.04. The van der Waals surface area contributed by atoms with E-state index in [1.165, 1.54) is 0 Å². The highest BCUT2D eigenvalue weighted by Crippen LogP contribution is 2.21. The van der Waals surface area contributed by atoms with E-state index in [4.69, 9.17) is 5.73 Å². The van der Waals surface area contributed by atoms with Crippen molar-refractivity contribution in [3.05, 3.63) is 31.8 Å². The second-order valence-electron chi connectivity index (χ2n) is 5.44. The maximum Gasteiger partial charge on any atom is 0.252 e. The standard InChI is InChI=1S/C14H20BrIN2O/c1-9(2)7-14(3,8-17)18-13(19)11-6-10(15)4-5-12(11)16/h4-6,9H,7-8,17H2,1-3H3,(H,18,19). The van der Waals surface area contributed by atoms with Crippen molar-refractivity contribution in [1.82, 2.24) is 5.32 Å². The number of hydrogen-bond donors (Lipinski definition) is 2. The van der Waals surface area contributed by atoms with Crippen LogP contribution in [0, 0.1) is 9.49 Å². The van der Waals surface area contributed by atoms with Gasteiger partial charge in [-0.25, -0.2) is 0 Å². The van der Waals surface area contributed by atoms with Gasteiger partial charge in [0.05, 0.1) is 5.56 Å². The van der Waals surface area contributed by atoms with E-state index < -0.39 is 0 Å². The van der Waals surface area contributed by atoms with Gasteiger partial charge in [-0.15, -0.1) is 0 Å². The predicted molar refractivity (Wildman–Crippen MR) is 91.2 cm³/mol. The molecule has 0 aliphatic rings. The Morgan fingerprint density at radius 2 is 2.16 bits per heavy atom. The number of amides is 1. The summed E-state index contributed by atoms with van der Waals surface area (Å²) in [6.45, 7) is 6.68. The van der Waals surface area contributed by atoms with Gasteiger partial charge < -0.3 is 11.1 Å². The van der Waals surface area contributed by atoms with E-state index in [1.54, 1.807) is 0 Å². The van der Waals surface area contributed by atoms with Crippen LogP contribution in [0.1, 0.15) is 37.6 Å². The number of benzene rings is 1. The first-order valence-corrected chi connectivity index (χ1v) is 8.12. The highest BCUT2D eigenvalue weighted by atomic mass is 127. The van der Waals surface area contributed by atoms with Gasteiger partial charge in [0.2, 0.25) is 0 Å². The molecule has 0 saturated heterocycles. The first-order valence-electron chi connectivity index (χ1n) is 6.25. The minimum absolute atomic E-state index is 0.0701. The van der Waals surface area contributed by atoms with Crippen LogP contribution >= 0.6 is 38.5 Å². The lowest BCUT2D eigenvalue weighted by molar-refractivity contribution is 0.0897. The summed E-state index contributed by atoms with van der Waals surface area (Å²) in [5, 5.41) is 3.07. The van der Waals surface area contributed by atoms with Crippen LogP contribution in [0.2, 0.25) is 0 Å². The molecular weight excluding hydrogens is 419 g/mol. The molecule has 1 rings (SSSR count). The Kier molecular flexibility index (Phi) is 6.26. The van der Waals surface area contributed by atoms with Gasteiger partial charge in [0.15, 0.2) is 0 Å². The number of rotatable bonds is 5. The first kappa shape index (κ1) is 16.9. The Bertz CT molecular complexity index is 465. The molecule has 1 aromatic carbocycles. The van der Waals surface area contributed by atoms with Crippen molar-refractivity contribution >= 4 is 44.4 Å². The summed E-state index contributed by atoms with van der Waals surface area (Å²) < 4.78 is 1.83. The summed E-state index contributed by atoms with van der Waals surface area (Å²) in [6.07, 6.45) is 0.861. The summed E-state index contributed by atoms with van der Waals surface area (Å²) in [4.78, 5) is 12.4. The quantitative estimate of drug-likeness (QED) is 0.690. The number of hydrogen-bond acceptors (Lipinski definition) is 2. The van der Waals surface area contributed by atoms with Crippen molar-refractivity contribution in [3.8, 4) is 0 Å². The van der Waals surface area contributed by atoms with Crippen LogP contribution in [0.4, 0.5) is 0 Å². The molecule has 0 heterocycles. The molecule has 1 atom stereocenters. The Morgan fingerprint density at radius 1 is 1.53 bits per heavy atom. The molecule has 1 aromatic rings. The third-order valence-electron chi connectivity index (χ3n) is 2.90. The van der Waals surface area contributed by atoms with Crippen LogP contribution in [0.3, 0.4) is 0 Å². The second-order valence-corrected chi connectivity index (χ2v) is 7.52. The minimum atomic E-state index is -0.364. The topological polar surface area (TPSA) is 55.1 Å². The highest BCUT2D eigenvalue weighted by molar-refractivity contribution is 14.1. The zero-order valence-electron chi connectivity index (χ0n) is 11.5. The molecular formula is C14H20BrIN2O. The smallest absolute Gasteiger partial charge is 0.252 e. The van der Waals surface area contributed by atoms with Crippen molar-refractivity contribution in [2.75, 3.05) is 6.54 Å². The summed E-state index contributed by atoms with van der Waals surface area (Å²) >= 11 is 5.56.